The van der Waals surface area contributed by atoms with Crippen molar-refractivity contribution >= 4 is 6.29 Å². The zero-order valence-corrected chi connectivity index (χ0v) is 12.7. The number of carbonyl (C=O) groups is 1. The summed E-state index contributed by atoms with van der Waals surface area (Å²) in [5.41, 5.74) is -0.0737. The number of rotatable bonds is 1. The van der Waals surface area contributed by atoms with Crippen molar-refractivity contribution in [1.82, 2.24) is 0 Å². The fraction of sp³-hybridized carbons (Fsp3) is 0.850. The molecule has 0 aromatic rings. The van der Waals surface area contributed by atoms with Gasteiger partial charge in [0.25, 0.3) is 0 Å². The summed E-state index contributed by atoms with van der Waals surface area (Å²) in [6.45, 7) is 0. The van der Waals surface area contributed by atoms with Crippen LogP contribution in [0.3, 0.4) is 0 Å². The van der Waals surface area contributed by atoms with Crippen LogP contribution in [0.15, 0.2) is 12.2 Å². The van der Waals surface area contributed by atoms with E-state index in [1.807, 2.05) is 0 Å². The zero-order chi connectivity index (χ0) is 14.0. The first-order valence-electron chi connectivity index (χ1n) is 9.66. The molecule has 2 heteroatoms. The number of carbonyl (C=O) groups excluding carboxylic acids is 1. The number of ether oxygens (including phenoxy) is 1. The lowest BCUT2D eigenvalue weighted by molar-refractivity contribution is -0.204. The predicted molar refractivity (Wildman–Crippen MR) is 78.5 cm³/mol. The molecule has 9 aliphatic rings. The molecule has 0 N–H and O–H groups in total. The average molecular weight is 294 g/mol. The van der Waals surface area contributed by atoms with Crippen molar-refractivity contribution in [3.63, 3.8) is 0 Å². The third kappa shape index (κ3) is 0.719. The lowest BCUT2D eigenvalue weighted by atomic mass is 9.56. The van der Waals surface area contributed by atoms with Crippen LogP contribution < -0.4 is 0 Å². The summed E-state index contributed by atoms with van der Waals surface area (Å²) in [5, 5.41) is 0. The molecule has 1 saturated heterocycles. The Morgan fingerprint density at radius 1 is 0.955 bits per heavy atom. The Morgan fingerprint density at radius 2 is 1.86 bits per heavy atom. The maximum Gasteiger partial charge on any atom is 0.129 e. The lowest BCUT2D eigenvalue weighted by Crippen LogP contribution is -2.59. The van der Waals surface area contributed by atoms with Crippen molar-refractivity contribution in [3.8, 4) is 0 Å². The van der Waals surface area contributed by atoms with Gasteiger partial charge in [-0.2, -0.15) is 0 Å². The molecule has 14 atom stereocenters. The van der Waals surface area contributed by atoms with Crippen LogP contribution in [0.1, 0.15) is 19.3 Å². The van der Waals surface area contributed by atoms with Crippen LogP contribution >= 0.6 is 0 Å². The summed E-state index contributed by atoms with van der Waals surface area (Å²) >= 11 is 0. The quantitative estimate of drug-likeness (QED) is 0.549. The Hall–Kier alpha value is -0.630. The molecule has 8 aliphatic carbocycles. The highest BCUT2D eigenvalue weighted by Crippen LogP contribution is 2.88. The third-order valence-corrected chi connectivity index (χ3v) is 10.4. The maximum absolute atomic E-state index is 12.6. The fourth-order valence-electron chi connectivity index (χ4n) is 10.8. The molecule has 0 radical (unpaired) electrons. The molecular formula is C20H22O2. The second-order valence-electron chi connectivity index (χ2n) is 9.87. The van der Waals surface area contributed by atoms with Crippen molar-refractivity contribution < 1.29 is 9.53 Å². The van der Waals surface area contributed by atoms with Crippen LogP contribution in [0, 0.1) is 70.5 Å². The van der Waals surface area contributed by atoms with E-state index in [-0.39, 0.29) is 5.41 Å². The Labute approximate surface area is 130 Å². The van der Waals surface area contributed by atoms with E-state index in [1.54, 1.807) is 0 Å². The van der Waals surface area contributed by atoms with Crippen LogP contribution in [0.4, 0.5) is 0 Å². The van der Waals surface area contributed by atoms with Crippen molar-refractivity contribution in [1.29, 1.82) is 0 Å². The highest BCUT2D eigenvalue weighted by molar-refractivity contribution is 5.67. The first kappa shape index (κ1) is 11.0. The summed E-state index contributed by atoms with van der Waals surface area (Å²) in [5.74, 6) is 9.08. The molecule has 1 aliphatic heterocycles. The summed E-state index contributed by atoms with van der Waals surface area (Å²) in [6.07, 6.45) is 11.2. The first-order chi connectivity index (χ1) is 10.9. The number of fused-ring (bicyclic) bond motifs is 1. The van der Waals surface area contributed by atoms with Gasteiger partial charge in [0.15, 0.2) is 0 Å². The van der Waals surface area contributed by atoms with Gasteiger partial charge in [-0.1, -0.05) is 12.2 Å². The van der Waals surface area contributed by atoms with Gasteiger partial charge in [0, 0.05) is 0 Å². The SMILES string of the molecule is O=C[C@]12[C@H]3[C@@H]4C=CC[C@H]4[C@H]4[C@@H]3[C@@H]3[C@@H]5[C@@H]4[C@@H]1O[C@@H]1CC[C@H]([C@H]51)[C@@H]32. The van der Waals surface area contributed by atoms with Gasteiger partial charge in [-0.15, -0.1) is 0 Å². The molecule has 114 valence electrons. The minimum absolute atomic E-state index is 0.0737. The van der Waals surface area contributed by atoms with Gasteiger partial charge in [-0.3, -0.25) is 0 Å². The van der Waals surface area contributed by atoms with Crippen LogP contribution in [0.5, 0.6) is 0 Å². The van der Waals surface area contributed by atoms with Gasteiger partial charge in [-0.25, -0.2) is 0 Å². The molecule has 8 fully saturated rings. The van der Waals surface area contributed by atoms with E-state index in [1.165, 1.54) is 25.5 Å². The largest absolute Gasteiger partial charge is 0.373 e. The molecule has 0 aromatic carbocycles. The monoisotopic (exact) mass is 294 g/mol. The molecule has 9 bridgehead atoms. The van der Waals surface area contributed by atoms with Crippen LogP contribution in [-0.4, -0.2) is 18.5 Å². The molecule has 0 spiro atoms. The fourth-order valence-corrected chi connectivity index (χ4v) is 10.8. The summed E-state index contributed by atoms with van der Waals surface area (Å²) < 4.78 is 6.77. The van der Waals surface area contributed by atoms with Crippen molar-refractivity contribution in [2.24, 2.45) is 70.5 Å². The molecule has 1 heterocycles. The molecule has 0 aromatic heterocycles. The topological polar surface area (TPSA) is 26.3 Å². The number of hydrogen-bond acceptors (Lipinski definition) is 2. The van der Waals surface area contributed by atoms with E-state index in [0.29, 0.717) is 24.0 Å². The lowest BCUT2D eigenvalue weighted by Gasteiger charge is -2.54. The van der Waals surface area contributed by atoms with E-state index in [0.717, 1.165) is 53.3 Å². The Balaban J connectivity index is 1.48. The molecule has 7 saturated carbocycles. The predicted octanol–water partition coefficient (Wildman–Crippen LogP) is 2.54. The average Bonchev–Trinajstić information content (AvgIpc) is 3.25. The van der Waals surface area contributed by atoms with Gasteiger partial charge in [0.2, 0.25) is 0 Å². The Morgan fingerprint density at radius 3 is 2.77 bits per heavy atom. The van der Waals surface area contributed by atoms with Gasteiger partial charge >= 0.3 is 0 Å². The maximum atomic E-state index is 12.6. The van der Waals surface area contributed by atoms with Crippen molar-refractivity contribution in [2.45, 2.75) is 31.5 Å². The number of hydrogen-bond donors (Lipinski definition) is 0. The van der Waals surface area contributed by atoms with E-state index in [4.69, 9.17) is 4.74 Å². The van der Waals surface area contributed by atoms with Gasteiger partial charge < -0.3 is 9.53 Å². The zero-order valence-electron chi connectivity index (χ0n) is 12.7. The summed E-state index contributed by atoms with van der Waals surface area (Å²) in [4.78, 5) is 12.6. The van der Waals surface area contributed by atoms with Crippen molar-refractivity contribution in [2.75, 3.05) is 0 Å². The number of aldehydes is 1. The molecule has 0 unspecified atom stereocenters. The molecule has 22 heavy (non-hydrogen) atoms. The van der Waals surface area contributed by atoms with E-state index in [9.17, 15) is 4.79 Å². The van der Waals surface area contributed by atoms with Crippen LogP contribution in [0.2, 0.25) is 0 Å². The van der Waals surface area contributed by atoms with E-state index >= 15 is 0 Å². The van der Waals surface area contributed by atoms with E-state index < -0.39 is 0 Å². The normalized spacial score (nSPS) is 78.8. The van der Waals surface area contributed by atoms with E-state index in [2.05, 4.69) is 12.2 Å². The highest BCUT2D eigenvalue weighted by Gasteiger charge is 2.89. The molecule has 0 amide bonds. The van der Waals surface area contributed by atoms with Crippen LogP contribution in [0.25, 0.3) is 0 Å². The highest BCUT2D eigenvalue weighted by atomic mass is 16.5. The van der Waals surface area contributed by atoms with Gasteiger partial charge in [0.05, 0.1) is 17.6 Å². The minimum atomic E-state index is -0.0737. The Bertz CT molecular complexity index is 667. The molecular weight excluding hydrogens is 272 g/mol. The summed E-state index contributed by atoms with van der Waals surface area (Å²) in [6, 6.07) is 0. The Kier molecular flexibility index (Phi) is 1.45. The third-order valence-electron chi connectivity index (χ3n) is 10.4. The minimum Gasteiger partial charge on any atom is -0.373 e. The standard InChI is InChI=1S/C20H22O2/c21-6-20-17-8-3-1-2-7(8)12-14(17)15-13-11-9(18(15)20)4-5-10(11)22-19(20)16(12)13/h1,3,6-19H,2,4-5H2/t7-,8-,9-,10-,11+,12+,13-,14-,15+,16-,17+,18+,19+,20-/m1/s1. The summed E-state index contributed by atoms with van der Waals surface area (Å²) in [7, 11) is 0. The van der Waals surface area contributed by atoms with Gasteiger partial charge in [0.1, 0.15) is 6.29 Å². The second-order valence-corrected chi connectivity index (χ2v) is 9.87. The second kappa shape index (κ2) is 2.90. The smallest absolute Gasteiger partial charge is 0.129 e. The van der Waals surface area contributed by atoms with Crippen molar-refractivity contribution in [3.05, 3.63) is 12.2 Å². The number of allylic oxidation sites excluding steroid dienone is 2. The first-order valence-corrected chi connectivity index (χ1v) is 9.66. The molecule has 9 rings (SSSR count). The van der Waals surface area contributed by atoms with Crippen LogP contribution in [-0.2, 0) is 9.53 Å². The van der Waals surface area contributed by atoms with Gasteiger partial charge in [-0.05, 0) is 84.4 Å². The molecule has 2 nitrogen and oxygen atoms in total.